The van der Waals surface area contributed by atoms with Crippen LogP contribution in [-0.4, -0.2) is 32.0 Å². The molecule has 0 spiro atoms. The fourth-order valence-electron chi connectivity index (χ4n) is 3.26. The van der Waals surface area contributed by atoms with Gasteiger partial charge < -0.3 is 15.0 Å². The molecule has 6 nitrogen and oxygen atoms in total. The molecule has 0 aliphatic heterocycles. The molecule has 33 heavy (non-hydrogen) atoms. The molecule has 0 aliphatic carbocycles. The van der Waals surface area contributed by atoms with Gasteiger partial charge in [0.2, 0.25) is 5.91 Å². The molecule has 0 aromatic heterocycles. The molecule has 1 amide bonds. The van der Waals surface area contributed by atoms with Gasteiger partial charge in [0.1, 0.15) is 18.5 Å². The van der Waals surface area contributed by atoms with Crippen molar-refractivity contribution in [1.82, 2.24) is 10.8 Å². The third kappa shape index (κ3) is 6.89. The van der Waals surface area contributed by atoms with Gasteiger partial charge in [0.15, 0.2) is 0 Å². The van der Waals surface area contributed by atoms with Crippen molar-refractivity contribution < 1.29 is 32.0 Å². The molecular formula is C22H24ClF4N3O3. The van der Waals surface area contributed by atoms with Crippen molar-refractivity contribution in [2.45, 2.75) is 39.1 Å². The van der Waals surface area contributed by atoms with Crippen molar-refractivity contribution in [1.29, 1.82) is 0 Å². The zero-order chi connectivity index (χ0) is 24.8. The Labute approximate surface area is 193 Å². The van der Waals surface area contributed by atoms with Crippen molar-refractivity contribution in [2.24, 2.45) is 5.16 Å². The first kappa shape index (κ1) is 26.6. The van der Waals surface area contributed by atoms with Gasteiger partial charge in [0.05, 0.1) is 24.3 Å². The zero-order valence-corrected chi connectivity index (χ0v) is 19.2. The van der Waals surface area contributed by atoms with Gasteiger partial charge in [0.25, 0.3) is 0 Å². The highest BCUT2D eigenvalue weighted by Crippen LogP contribution is 2.31. The third-order valence-electron chi connectivity index (χ3n) is 4.88. The molecule has 0 radical (unpaired) electrons. The monoisotopic (exact) mass is 489 g/mol. The van der Waals surface area contributed by atoms with Gasteiger partial charge in [-0.2, -0.15) is 18.7 Å². The molecule has 1 atom stereocenters. The number of carbonyl (C=O) groups is 1. The highest BCUT2D eigenvalue weighted by Gasteiger charge is 2.31. The Morgan fingerprint density at radius 3 is 2.52 bits per heavy atom. The minimum absolute atomic E-state index is 0.0213. The van der Waals surface area contributed by atoms with Crippen LogP contribution in [0.4, 0.5) is 17.6 Å². The second kappa shape index (κ2) is 11.4. The molecule has 11 heteroatoms. The standard InChI is InChI=1S/C22H24ClF4N3O3/c1-12-6-5-7-15(20(30-32-4)21(31)28-3)17(12)11-33-29-13(2)14-8-9-18(24)19(23)16(14)10-22(25,26)27/h5-9,20,30H,10-11H2,1-4H3,(H,28,31)/b29-13+. The van der Waals surface area contributed by atoms with Gasteiger partial charge in [-0.25, -0.2) is 4.39 Å². The molecule has 2 aromatic carbocycles. The SMILES string of the molecule is CNC(=O)C(NOC)c1cccc(C)c1CO/N=C(\C)c1ccc(F)c(Cl)c1CC(F)(F)F. The minimum atomic E-state index is -4.59. The summed E-state index contributed by atoms with van der Waals surface area (Å²) in [4.78, 5) is 22.6. The predicted octanol–water partition coefficient (Wildman–Crippen LogP) is 4.77. The van der Waals surface area contributed by atoms with E-state index in [1.54, 1.807) is 12.1 Å². The summed E-state index contributed by atoms with van der Waals surface area (Å²) < 4.78 is 52.7. The first-order valence-corrected chi connectivity index (χ1v) is 10.2. The molecule has 0 saturated heterocycles. The van der Waals surface area contributed by atoms with Gasteiger partial charge in [0, 0.05) is 18.2 Å². The molecule has 0 aliphatic rings. The summed E-state index contributed by atoms with van der Waals surface area (Å²) >= 11 is 5.80. The molecule has 0 fully saturated rings. The normalized spacial score (nSPS) is 13.1. The van der Waals surface area contributed by atoms with Crippen LogP contribution in [0.5, 0.6) is 0 Å². The highest BCUT2D eigenvalue weighted by atomic mass is 35.5. The Bertz CT molecular complexity index is 1030. The van der Waals surface area contributed by atoms with E-state index in [2.05, 4.69) is 16.0 Å². The van der Waals surface area contributed by atoms with Crippen LogP contribution in [0, 0.1) is 12.7 Å². The van der Waals surface area contributed by atoms with Gasteiger partial charge in [-0.1, -0.05) is 35.0 Å². The number of benzene rings is 2. The lowest BCUT2D eigenvalue weighted by molar-refractivity contribution is -0.127. The van der Waals surface area contributed by atoms with E-state index in [0.717, 1.165) is 11.6 Å². The number of likely N-dealkylation sites (N-methyl/N-ethyl adjacent to an activating group) is 1. The van der Waals surface area contributed by atoms with E-state index >= 15 is 0 Å². The van der Waals surface area contributed by atoms with E-state index < -0.39 is 35.0 Å². The number of halogens is 5. The van der Waals surface area contributed by atoms with Gasteiger partial charge in [-0.05, 0) is 42.7 Å². The lowest BCUT2D eigenvalue weighted by Crippen LogP contribution is -2.36. The Kier molecular flexibility index (Phi) is 9.21. The number of hydrogen-bond donors (Lipinski definition) is 2. The molecule has 180 valence electrons. The quantitative estimate of drug-likeness (QED) is 0.302. The number of amides is 1. The zero-order valence-electron chi connectivity index (χ0n) is 18.4. The summed E-state index contributed by atoms with van der Waals surface area (Å²) in [5, 5.41) is 5.85. The Morgan fingerprint density at radius 2 is 1.91 bits per heavy atom. The average molecular weight is 490 g/mol. The predicted molar refractivity (Wildman–Crippen MR) is 116 cm³/mol. The maximum absolute atomic E-state index is 13.8. The highest BCUT2D eigenvalue weighted by molar-refractivity contribution is 6.32. The van der Waals surface area contributed by atoms with Gasteiger partial charge >= 0.3 is 6.18 Å². The second-order valence-corrected chi connectivity index (χ2v) is 7.52. The number of oxime groups is 1. The van der Waals surface area contributed by atoms with Crippen LogP contribution in [0.2, 0.25) is 5.02 Å². The lowest BCUT2D eigenvalue weighted by Gasteiger charge is -2.20. The molecular weight excluding hydrogens is 466 g/mol. The van der Waals surface area contributed by atoms with Crippen LogP contribution in [0.15, 0.2) is 35.5 Å². The topological polar surface area (TPSA) is 72.0 Å². The van der Waals surface area contributed by atoms with Crippen LogP contribution < -0.4 is 10.8 Å². The van der Waals surface area contributed by atoms with Crippen molar-refractivity contribution in [3.63, 3.8) is 0 Å². The van der Waals surface area contributed by atoms with Crippen molar-refractivity contribution >= 4 is 23.2 Å². The van der Waals surface area contributed by atoms with Crippen LogP contribution in [0.1, 0.15) is 40.8 Å². The summed E-state index contributed by atoms with van der Waals surface area (Å²) in [6.07, 6.45) is -6.00. The molecule has 0 saturated carbocycles. The molecule has 0 heterocycles. The number of rotatable bonds is 9. The average Bonchev–Trinajstić information content (AvgIpc) is 2.75. The minimum Gasteiger partial charge on any atom is -0.391 e. The van der Waals surface area contributed by atoms with Crippen molar-refractivity contribution in [2.75, 3.05) is 14.2 Å². The second-order valence-electron chi connectivity index (χ2n) is 7.14. The Hall–Kier alpha value is -2.69. The summed E-state index contributed by atoms with van der Waals surface area (Å²) in [6, 6.07) is 6.61. The van der Waals surface area contributed by atoms with Gasteiger partial charge in [-0.3, -0.25) is 4.79 Å². The summed E-state index contributed by atoms with van der Waals surface area (Å²) in [6.45, 7) is 3.16. The van der Waals surface area contributed by atoms with Crippen molar-refractivity contribution in [3.8, 4) is 0 Å². The molecule has 1 unspecified atom stereocenters. The number of aryl methyl sites for hydroxylation is 1. The van der Waals surface area contributed by atoms with E-state index in [0.29, 0.717) is 11.1 Å². The van der Waals surface area contributed by atoms with E-state index in [-0.39, 0.29) is 23.8 Å². The largest absolute Gasteiger partial charge is 0.393 e. The number of nitrogens with one attached hydrogen (secondary N) is 2. The summed E-state index contributed by atoms with van der Waals surface area (Å²) in [5.74, 6) is -1.30. The fourth-order valence-corrected chi connectivity index (χ4v) is 3.49. The van der Waals surface area contributed by atoms with Gasteiger partial charge in [-0.15, -0.1) is 0 Å². The maximum atomic E-state index is 13.8. The molecule has 2 aromatic rings. The van der Waals surface area contributed by atoms with E-state index in [1.165, 1.54) is 27.1 Å². The molecule has 2 N–H and O–H groups in total. The van der Waals surface area contributed by atoms with E-state index in [4.69, 9.17) is 21.3 Å². The van der Waals surface area contributed by atoms with Crippen LogP contribution in [0.25, 0.3) is 0 Å². The first-order chi connectivity index (χ1) is 15.5. The van der Waals surface area contributed by atoms with E-state index in [9.17, 15) is 22.4 Å². The lowest BCUT2D eigenvalue weighted by atomic mass is 9.96. The first-order valence-electron chi connectivity index (χ1n) is 9.79. The number of alkyl halides is 3. The summed E-state index contributed by atoms with van der Waals surface area (Å²) in [7, 11) is 2.86. The number of nitrogens with zero attached hydrogens (tertiary/aromatic N) is 1. The van der Waals surface area contributed by atoms with Crippen LogP contribution >= 0.6 is 11.6 Å². The molecule has 2 rings (SSSR count). The Balaban J connectivity index is 2.35. The van der Waals surface area contributed by atoms with Crippen LogP contribution in [0.3, 0.4) is 0 Å². The number of hydroxylamine groups is 1. The molecule has 0 bridgehead atoms. The fraction of sp³-hybridized carbons (Fsp3) is 0.364. The third-order valence-corrected chi connectivity index (χ3v) is 5.28. The number of carbonyl (C=O) groups excluding carboxylic acids is 1. The van der Waals surface area contributed by atoms with Crippen LogP contribution in [-0.2, 0) is 27.5 Å². The Morgan fingerprint density at radius 1 is 1.21 bits per heavy atom. The maximum Gasteiger partial charge on any atom is 0.393 e. The van der Waals surface area contributed by atoms with E-state index in [1.807, 2.05) is 13.0 Å². The smallest absolute Gasteiger partial charge is 0.391 e. The number of hydrogen-bond acceptors (Lipinski definition) is 5. The van der Waals surface area contributed by atoms with Crippen molar-refractivity contribution in [3.05, 3.63) is 69.0 Å². The summed E-state index contributed by atoms with van der Waals surface area (Å²) in [5.41, 5.74) is 4.32.